The maximum atomic E-state index is 11.3. The molecule has 0 N–H and O–H groups in total. The Labute approximate surface area is 141 Å². The van der Waals surface area contributed by atoms with Crippen LogP contribution in [0.5, 0.6) is 0 Å². The van der Waals surface area contributed by atoms with Gasteiger partial charge < -0.3 is 4.74 Å². The Kier molecular flexibility index (Phi) is 3.66. The smallest absolute Gasteiger partial charge is 0.302 e. The number of rotatable bonds is 1. The highest BCUT2D eigenvalue weighted by atomic mass is 16.5. The maximum absolute atomic E-state index is 11.3. The largest absolute Gasteiger partial charge is 0.463 e. The SMILES string of the molecule is CC(=O)O[C@H]1CC[C@@]2(C)[C@@H](CC[C@@H]3[C@@H]2CC[C@]2(C)C=CC[C@@H]32)C1. The van der Waals surface area contributed by atoms with Crippen LogP contribution in [-0.4, -0.2) is 12.1 Å². The topological polar surface area (TPSA) is 26.3 Å². The number of carbonyl (C=O) groups excluding carboxylic acids is 1. The molecule has 0 aliphatic heterocycles. The average Bonchev–Trinajstić information content (AvgIpc) is 2.89. The molecular formula is C21H32O2. The quantitative estimate of drug-likeness (QED) is 0.495. The summed E-state index contributed by atoms with van der Waals surface area (Å²) in [5, 5.41) is 0. The van der Waals surface area contributed by atoms with Gasteiger partial charge in [0.15, 0.2) is 0 Å². The van der Waals surface area contributed by atoms with Gasteiger partial charge in [-0.3, -0.25) is 4.79 Å². The number of fused-ring (bicyclic) bond motifs is 5. The third-order valence-electron chi connectivity index (χ3n) is 8.28. The van der Waals surface area contributed by atoms with E-state index in [1.807, 2.05) is 0 Å². The normalized spacial score (nSPS) is 51.5. The van der Waals surface area contributed by atoms with Crippen molar-refractivity contribution in [1.29, 1.82) is 0 Å². The molecule has 0 amide bonds. The molecule has 0 unspecified atom stereocenters. The molecule has 4 rings (SSSR count). The first-order valence-electron chi connectivity index (χ1n) is 9.77. The Morgan fingerprint density at radius 3 is 2.70 bits per heavy atom. The lowest BCUT2D eigenvalue weighted by Crippen LogP contribution is -2.53. The van der Waals surface area contributed by atoms with Crippen LogP contribution < -0.4 is 0 Å². The van der Waals surface area contributed by atoms with Gasteiger partial charge >= 0.3 is 5.97 Å². The standard InChI is InChI=1S/C21H32O2/c1-14(22)23-16-8-12-21(3)15(13-16)6-7-17-18-5-4-10-20(18,2)11-9-19(17)21/h4,10,15-19H,5-9,11-13H2,1-3H3/t15-,16-,17-,18-,19-,20-,21-/m0/s1. The van der Waals surface area contributed by atoms with Gasteiger partial charge in [0, 0.05) is 6.92 Å². The van der Waals surface area contributed by atoms with Crippen LogP contribution in [0.4, 0.5) is 0 Å². The van der Waals surface area contributed by atoms with Gasteiger partial charge in [-0.25, -0.2) is 0 Å². The molecule has 0 bridgehead atoms. The van der Waals surface area contributed by atoms with Gasteiger partial charge in [0.25, 0.3) is 0 Å². The molecule has 0 saturated heterocycles. The van der Waals surface area contributed by atoms with Crippen molar-refractivity contribution in [1.82, 2.24) is 0 Å². The van der Waals surface area contributed by atoms with Gasteiger partial charge in [0.05, 0.1) is 0 Å². The average molecular weight is 316 g/mol. The van der Waals surface area contributed by atoms with Crippen LogP contribution in [0.25, 0.3) is 0 Å². The van der Waals surface area contributed by atoms with Gasteiger partial charge in [0.2, 0.25) is 0 Å². The van der Waals surface area contributed by atoms with Crippen LogP contribution in [0.15, 0.2) is 12.2 Å². The number of esters is 1. The molecule has 0 heterocycles. The van der Waals surface area contributed by atoms with Gasteiger partial charge in [0.1, 0.15) is 6.10 Å². The second-order valence-corrected chi connectivity index (χ2v) is 9.35. The Morgan fingerprint density at radius 2 is 1.91 bits per heavy atom. The summed E-state index contributed by atoms with van der Waals surface area (Å²) in [6, 6.07) is 0. The van der Waals surface area contributed by atoms with E-state index in [4.69, 9.17) is 4.74 Å². The van der Waals surface area contributed by atoms with Crippen LogP contribution in [0.2, 0.25) is 0 Å². The van der Waals surface area contributed by atoms with Gasteiger partial charge in [-0.1, -0.05) is 26.0 Å². The molecule has 128 valence electrons. The molecule has 7 atom stereocenters. The maximum Gasteiger partial charge on any atom is 0.302 e. The fourth-order valence-corrected chi connectivity index (χ4v) is 7.04. The van der Waals surface area contributed by atoms with Crippen LogP contribution in [0, 0.1) is 34.5 Å². The Bertz CT molecular complexity index is 524. The third-order valence-corrected chi connectivity index (χ3v) is 8.28. The first-order chi connectivity index (χ1) is 10.9. The highest BCUT2D eigenvalue weighted by molar-refractivity contribution is 5.66. The van der Waals surface area contributed by atoms with Crippen molar-refractivity contribution in [3.05, 3.63) is 12.2 Å². The molecular weight excluding hydrogens is 284 g/mol. The second kappa shape index (κ2) is 5.36. The summed E-state index contributed by atoms with van der Waals surface area (Å²) in [4.78, 5) is 11.3. The zero-order valence-electron chi connectivity index (χ0n) is 15.0. The number of hydrogen-bond donors (Lipinski definition) is 0. The van der Waals surface area contributed by atoms with E-state index in [0.717, 1.165) is 36.5 Å². The lowest BCUT2D eigenvalue weighted by molar-refractivity contribution is -0.158. The lowest BCUT2D eigenvalue weighted by atomic mass is 9.45. The summed E-state index contributed by atoms with van der Waals surface area (Å²) in [6.07, 6.45) is 15.5. The molecule has 2 heteroatoms. The Balaban J connectivity index is 1.53. The van der Waals surface area contributed by atoms with Crippen LogP contribution in [0.1, 0.15) is 72.1 Å². The first kappa shape index (κ1) is 15.7. The minimum atomic E-state index is -0.0993. The third kappa shape index (κ3) is 2.39. The van der Waals surface area contributed by atoms with E-state index in [2.05, 4.69) is 26.0 Å². The summed E-state index contributed by atoms with van der Waals surface area (Å²) in [6.45, 7) is 6.63. The van der Waals surface area contributed by atoms with Gasteiger partial charge in [-0.2, -0.15) is 0 Å². The van der Waals surface area contributed by atoms with Crippen molar-refractivity contribution < 1.29 is 9.53 Å². The van der Waals surface area contributed by atoms with Crippen LogP contribution in [0.3, 0.4) is 0 Å². The number of hydrogen-bond acceptors (Lipinski definition) is 2. The number of ether oxygens (including phenoxy) is 1. The molecule has 0 aromatic rings. The van der Waals surface area contributed by atoms with E-state index < -0.39 is 0 Å². The summed E-state index contributed by atoms with van der Waals surface area (Å²) in [7, 11) is 0. The monoisotopic (exact) mass is 316 g/mol. The Hall–Kier alpha value is -0.790. The van der Waals surface area contributed by atoms with E-state index in [-0.39, 0.29) is 12.1 Å². The van der Waals surface area contributed by atoms with Crippen molar-refractivity contribution in [3.63, 3.8) is 0 Å². The van der Waals surface area contributed by atoms with Crippen LogP contribution >= 0.6 is 0 Å². The summed E-state index contributed by atoms with van der Waals surface area (Å²) in [5.74, 6) is 3.39. The van der Waals surface area contributed by atoms with Crippen molar-refractivity contribution in [2.45, 2.75) is 78.2 Å². The summed E-state index contributed by atoms with van der Waals surface area (Å²) < 4.78 is 5.56. The minimum absolute atomic E-state index is 0.0993. The molecule has 3 fully saturated rings. The highest BCUT2D eigenvalue weighted by Crippen LogP contribution is 2.65. The minimum Gasteiger partial charge on any atom is -0.463 e. The lowest BCUT2D eigenvalue weighted by Gasteiger charge is -2.60. The first-order valence-corrected chi connectivity index (χ1v) is 9.77. The zero-order chi connectivity index (χ0) is 16.2. The second-order valence-electron chi connectivity index (χ2n) is 9.35. The molecule has 0 aromatic heterocycles. The molecule has 2 nitrogen and oxygen atoms in total. The molecule has 23 heavy (non-hydrogen) atoms. The fourth-order valence-electron chi connectivity index (χ4n) is 7.04. The van der Waals surface area contributed by atoms with Crippen molar-refractivity contribution >= 4 is 5.97 Å². The number of allylic oxidation sites excluding steroid dienone is 2. The van der Waals surface area contributed by atoms with Crippen molar-refractivity contribution in [2.75, 3.05) is 0 Å². The van der Waals surface area contributed by atoms with E-state index in [1.54, 1.807) is 6.92 Å². The molecule has 4 aliphatic rings. The summed E-state index contributed by atoms with van der Waals surface area (Å²) >= 11 is 0. The molecule has 3 saturated carbocycles. The molecule has 0 radical (unpaired) electrons. The van der Waals surface area contributed by atoms with E-state index in [1.165, 1.54) is 38.5 Å². The van der Waals surface area contributed by atoms with Crippen molar-refractivity contribution in [2.24, 2.45) is 34.5 Å². The van der Waals surface area contributed by atoms with Gasteiger partial charge in [-0.05, 0) is 85.9 Å². The predicted octanol–water partition coefficient (Wildman–Crippen LogP) is 5.13. The predicted molar refractivity (Wildman–Crippen MR) is 91.8 cm³/mol. The molecule has 0 aromatic carbocycles. The molecule has 0 spiro atoms. The number of carbonyl (C=O) groups is 1. The van der Waals surface area contributed by atoms with Crippen LogP contribution in [-0.2, 0) is 9.53 Å². The van der Waals surface area contributed by atoms with E-state index >= 15 is 0 Å². The van der Waals surface area contributed by atoms with Crippen molar-refractivity contribution in [3.8, 4) is 0 Å². The van der Waals surface area contributed by atoms with E-state index in [9.17, 15) is 4.79 Å². The summed E-state index contributed by atoms with van der Waals surface area (Å²) in [5.41, 5.74) is 0.975. The van der Waals surface area contributed by atoms with E-state index in [0.29, 0.717) is 10.8 Å². The molecule has 4 aliphatic carbocycles. The zero-order valence-corrected chi connectivity index (χ0v) is 15.0. The van der Waals surface area contributed by atoms with Gasteiger partial charge in [-0.15, -0.1) is 0 Å². The Morgan fingerprint density at radius 1 is 1.09 bits per heavy atom. The fraction of sp³-hybridized carbons (Fsp3) is 0.857. The highest BCUT2D eigenvalue weighted by Gasteiger charge is 2.57.